The number of hydrogen-bond donors (Lipinski definition) is 1. The number of halogens is 1. The van der Waals surface area contributed by atoms with Gasteiger partial charge in [-0.25, -0.2) is 0 Å². The average molecular weight is 433 g/mol. The van der Waals surface area contributed by atoms with Crippen LogP contribution in [0.1, 0.15) is 5.56 Å². The molecule has 7 heteroatoms. The molecule has 0 unspecified atom stereocenters. The van der Waals surface area contributed by atoms with Crippen LogP contribution in [0.3, 0.4) is 0 Å². The molecule has 1 fully saturated rings. The Morgan fingerprint density at radius 2 is 1.90 bits per heavy atom. The molecule has 0 aromatic heterocycles. The van der Waals surface area contributed by atoms with Gasteiger partial charge in [0.25, 0.3) is 0 Å². The third kappa shape index (κ3) is 5.38. The summed E-state index contributed by atoms with van der Waals surface area (Å²) in [4.78, 5) is 4.64. The molecule has 0 aliphatic carbocycles. The number of rotatable bonds is 7. The van der Waals surface area contributed by atoms with Crippen molar-refractivity contribution >= 4 is 17.3 Å². The summed E-state index contributed by atoms with van der Waals surface area (Å²) in [5.74, 6) is 1.51. The zero-order valence-corrected chi connectivity index (χ0v) is 18.1. The van der Waals surface area contributed by atoms with E-state index in [0.29, 0.717) is 19.8 Å². The number of aliphatic hydroxyl groups is 1. The maximum atomic E-state index is 10.4. The van der Waals surface area contributed by atoms with E-state index in [1.165, 1.54) is 11.3 Å². The Morgan fingerprint density at radius 3 is 2.70 bits per heavy atom. The lowest BCUT2D eigenvalue weighted by Gasteiger charge is -2.37. The molecule has 0 saturated carbocycles. The van der Waals surface area contributed by atoms with Crippen LogP contribution in [0.15, 0.2) is 42.5 Å². The minimum atomic E-state index is -0.527. The van der Waals surface area contributed by atoms with Gasteiger partial charge in [0.15, 0.2) is 17.6 Å². The van der Waals surface area contributed by atoms with Gasteiger partial charge in [0.05, 0.1) is 19.3 Å². The second-order valence-electron chi connectivity index (χ2n) is 7.91. The van der Waals surface area contributed by atoms with Crippen molar-refractivity contribution in [2.24, 2.45) is 0 Å². The topological polar surface area (TPSA) is 54.4 Å². The van der Waals surface area contributed by atoms with Gasteiger partial charge in [0.1, 0.15) is 6.61 Å². The average Bonchev–Trinajstić information content (AvgIpc) is 2.76. The van der Waals surface area contributed by atoms with Crippen LogP contribution in [0.5, 0.6) is 11.5 Å². The van der Waals surface area contributed by atoms with E-state index < -0.39 is 6.10 Å². The summed E-state index contributed by atoms with van der Waals surface area (Å²) < 4.78 is 17.3. The van der Waals surface area contributed by atoms with Crippen molar-refractivity contribution in [3.05, 3.63) is 53.1 Å². The second-order valence-corrected chi connectivity index (χ2v) is 8.34. The molecule has 2 atom stereocenters. The highest BCUT2D eigenvalue weighted by molar-refractivity contribution is 6.30. The lowest BCUT2D eigenvalue weighted by Crippen LogP contribution is -2.49. The number of aliphatic hydroxyl groups excluding tert-OH is 1. The molecule has 0 bridgehead atoms. The normalized spacial score (nSPS) is 20.2. The first kappa shape index (κ1) is 21.2. The summed E-state index contributed by atoms with van der Waals surface area (Å²) in [7, 11) is 0. The largest absolute Gasteiger partial charge is 0.486 e. The summed E-state index contributed by atoms with van der Waals surface area (Å²) in [5.41, 5.74) is 2.43. The lowest BCUT2D eigenvalue weighted by atomic mass is 10.1. The molecule has 2 aliphatic rings. The zero-order chi connectivity index (χ0) is 20.9. The molecule has 2 aromatic carbocycles. The number of piperazine rings is 1. The molecule has 2 heterocycles. The monoisotopic (exact) mass is 432 g/mol. The highest BCUT2D eigenvalue weighted by Gasteiger charge is 2.23. The van der Waals surface area contributed by atoms with E-state index in [9.17, 15) is 5.11 Å². The van der Waals surface area contributed by atoms with Crippen LogP contribution in [0.4, 0.5) is 5.69 Å². The number of fused-ring (bicyclic) bond motifs is 1. The van der Waals surface area contributed by atoms with Crippen LogP contribution in [-0.2, 0) is 4.74 Å². The van der Waals surface area contributed by atoms with E-state index in [1.807, 2.05) is 36.4 Å². The van der Waals surface area contributed by atoms with E-state index in [2.05, 4.69) is 22.8 Å². The second kappa shape index (κ2) is 9.88. The highest BCUT2D eigenvalue weighted by atomic mass is 35.5. The molecule has 0 spiro atoms. The van der Waals surface area contributed by atoms with E-state index in [4.69, 9.17) is 25.8 Å². The number of para-hydroxylation sites is 2. The number of benzene rings is 2. The maximum Gasteiger partial charge on any atom is 0.161 e. The molecule has 2 aromatic rings. The molecular formula is C23H29ClN2O4. The summed E-state index contributed by atoms with van der Waals surface area (Å²) in [6, 6.07) is 13.6. The predicted octanol–water partition coefficient (Wildman–Crippen LogP) is 2.99. The SMILES string of the molecule is Cc1ccc(Cl)cc1N1CCN(C[C@H](O)COC[C@H]2COc3ccccc3O2)CC1. The minimum absolute atomic E-state index is 0.156. The number of nitrogens with zero attached hydrogens (tertiary/aromatic N) is 2. The van der Waals surface area contributed by atoms with Crippen LogP contribution < -0.4 is 14.4 Å². The summed E-state index contributed by atoms with van der Waals surface area (Å²) >= 11 is 6.16. The minimum Gasteiger partial charge on any atom is -0.486 e. The molecule has 162 valence electrons. The van der Waals surface area contributed by atoms with Gasteiger partial charge < -0.3 is 24.2 Å². The summed E-state index contributed by atoms with van der Waals surface area (Å²) in [5, 5.41) is 11.1. The standard InChI is InChI=1S/C23H29ClN2O4/c1-17-6-7-18(24)12-21(17)26-10-8-25(9-11-26)13-19(27)14-28-15-20-16-29-22-4-2-3-5-23(22)30-20/h2-7,12,19-20,27H,8-11,13-16H2,1H3/t19-,20-/m0/s1. The number of β-amino-alcohol motifs (C(OH)–C–C–N with tert-alkyl or cyclic N) is 1. The Bertz CT molecular complexity index is 842. The van der Waals surface area contributed by atoms with Crippen molar-refractivity contribution in [3.63, 3.8) is 0 Å². The van der Waals surface area contributed by atoms with Gasteiger partial charge >= 0.3 is 0 Å². The van der Waals surface area contributed by atoms with Crippen LogP contribution >= 0.6 is 11.6 Å². The van der Waals surface area contributed by atoms with Crippen molar-refractivity contribution in [2.75, 3.05) is 57.4 Å². The van der Waals surface area contributed by atoms with Crippen LogP contribution in [0.2, 0.25) is 5.02 Å². The Kier molecular flexibility index (Phi) is 7.00. The summed E-state index contributed by atoms with van der Waals surface area (Å²) in [6.45, 7) is 7.49. The smallest absolute Gasteiger partial charge is 0.161 e. The molecular weight excluding hydrogens is 404 g/mol. The first-order chi connectivity index (χ1) is 14.6. The molecule has 6 nitrogen and oxygen atoms in total. The fraction of sp³-hybridized carbons (Fsp3) is 0.478. The van der Waals surface area contributed by atoms with Crippen LogP contribution in [-0.4, -0.2) is 74.8 Å². The first-order valence-electron chi connectivity index (χ1n) is 10.5. The van der Waals surface area contributed by atoms with Crippen LogP contribution in [0, 0.1) is 6.92 Å². The highest BCUT2D eigenvalue weighted by Crippen LogP contribution is 2.31. The Balaban J connectivity index is 1.16. The van der Waals surface area contributed by atoms with E-state index in [0.717, 1.165) is 42.7 Å². The van der Waals surface area contributed by atoms with E-state index in [1.54, 1.807) is 0 Å². The van der Waals surface area contributed by atoms with Gasteiger partial charge in [-0.3, -0.25) is 4.90 Å². The van der Waals surface area contributed by atoms with Gasteiger partial charge in [-0.05, 0) is 36.8 Å². The quantitative estimate of drug-likeness (QED) is 0.726. The molecule has 30 heavy (non-hydrogen) atoms. The van der Waals surface area contributed by atoms with Gasteiger partial charge in [0.2, 0.25) is 0 Å². The lowest BCUT2D eigenvalue weighted by molar-refractivity contribution is -0.0292. The Morgan fingerprint density at radius 1 is 1.13 bits per heavy atom. The summed E-state index contributed by atoms with van der Waals surface area (Å²) in [6.07, 6.45) is -0.683. The van der Waals surface area contributed by atoms with E-state index in [-0.39, 0.29) is 12.7 Å². The van der Waals surface area contributed by atoms with E-state index >= 15 is 0 Å². The molecule has 4 rings (SSSR count). The Hall–Kier alpha value is -1.99. The van der Waals surface area contributed by atoms with Gasteiger partial charge in [0, 0.05) is 43.4 Å². The van der Waals surface area contributed by atoms with Gasteiger partial charge in [-0.1, -0.05) is 29.8 Å². The van der Waals surface area contributed by atoms with Crippen molar-refractivity contribution in [3.8, 4) is 11.5 Å². The zero-order valence-electron chi connectivity index (χ0n) is 17.3. The molecule has 2 aliphatic heterocycles. The maximum absolute atomic E-state index is 10.4. The fourth-order valence-corrected chi connectivity index (χ4v) is 4.09. The molecule has 0 amide bonds. The molecule has 1 saturated heterocycles. The number of aryl methyl sites for hydroxylation is 1. The van der Waals surface area contributed by atoms with Crippen molar-refractivity contribution in [1.82, 2.24) is 4.90 Å². The Labute approximate surface area is 182 Å². The number of anilines is 1. The third-order valence-corrected chi connectivity index (χ3v) is 5.77. The first-order valence-corrected chi connectivity index (χ1v) is 10.8. The van der Waals surface area contributed by atoms with Crippen molar-refractivity contribution < 1.29 is 19.3 Å². The molecule has 0 radical (unpaired) electrons. The number of hydrogen-bond acceptors (Lipinski definition) is 6. The van der Waals surface area contributed by atoms with Crippen molar-refractivity contribution in [1.29, 1.82) is 0 Å². The van der Waals surface area contributed by atoms with Gasteiger partial charge in [-0.2, -0.15) is 0 Å². The van der Waals surface area contributed by atoms with Crippen molar-refractivity contribution in [2.45, 2.75) is 19.1 Å². The predicted molar refractivity (Wildman–Crippen MR) is 118 cm³/mol. The third-order valence-electron chi connectivity index (χ3n) is 5.53. The number of ether oxygens (including phenoxy) is 3. The van der Waals surface area contributed by atoms with Gasteiger partial charge in [-0.15, -0.1) is 0 Å². The van der Waals surface area contributed by atoms with Crippen LogP contribution in [0.25, 0.3) is 0 Å². The fourth-order valence-electron chi connectivity index (χ4n) is 3.93. The molecule has 1 N–H and O–H groups in total.